The van der Waals surface area contributed by atoms with Crippen molar-refractivity contribution in [3.05, 3.63) is 29.3 Å². The van der Waals surface area contributed by atoms with Crippen molar-refractivity contribution in [1.82, 2.24) is 20.1 Å². The number of halogens is 1. The number of H-pyrrole nitrogens is 1. The van der Waals surface area contributed by atoms with Crippen molar-refractivity contribution in [2.24, 2.45) is 5.41 Å². The minimum absolute atomic E-state index is 0.0745. The predicted molar refractivity (Wildman–Crippen MR) is 103 cm³/mol. The first-order valence-electron chi connectivity index (χ1n) is 9.24. The zero-order chi connectivity index (χ0) is 18.4. The molecule has 1 aliphatic carbocycles. The zero-order valence-electron chi connectivity index (χ0n) is 14.8. The normalized spacial score (nSPS) is 18.2. The molecule has 1 saturated heterocycles. The molecule has 0 unspecified atom stereocenters. The summed E-state index contributed by atoms with van der Waals surface area (Å²) in [7, 11) is 0. The summed E-state index contributed by atoms with van der Waals surface area (Å²) < 4.78 is 5.64. The van der Waals surface area contributed by atoms with E-state index in [-0.39, 0.29) is 18.5 Å². The highest BCUT2D eigenvalue weighted by molar-refractivity contribution is 6.31. The maximum atomic E-state index is 12.4. The summed E-state index contributed by atoms with van der Waals surface area (Å²) in [6, 6.07) is 7.74. The molecule has 7 nitrogen and oxygen atoms in total. The van der Waals surface area contributed by atoms with Crippen molar-refractivity contribution in [3.63, 3.8) is 0 Å². The lowest BCUT2D eigenvalue weighted by atomic mass is 9.94. The first kappa shape index (κ1) is 16.6. The van der Waals surface area contributed by atoms with E-state index in [1.54, 1.807) is 0 Å². The molecule has 2 N–H and O–H groups in total. The van der Waals surface area contributed by atoms with Crippen LogP contribution in [-0.4, -0.2) is 45.6 Å². The van der Waals surface area contributed by atoms with E-state index in [4.69, 9.17) is 16.0 Å². The summed E-state index contributed by atoms with van der Waals surface area (Å²) in [4.78, 5) is 17.5. The fraction of sp³-hybridized carbons (Fsp3) is 0.421. The third kappa shape index (κ3) is 3.27. The number of amides is 1. The van der Waals surface area contributed by atoms with E-state index in [9.17, 15) is 4.79 Å². The molecular formula is C19H20ClN5O2. The number of fused-ring (bicyclic) bond motifs is 1. The third-order valence-electron chi connectivity index (χ3n) is 5.76. The van der Waals surface area contributed by atoms with Gasteiger partial charge in [-0.05, 0) is 55.4 Å². The van der Waals surface area contributed by atoms with Gasteiger partial charge in [0.2, 0.25) is 5.91 Å². The van der Waals surface area contributed by atoms with Crippen LogP contribution in [0.3, 0.4) is 0 Å². The molecule has 1 aliphatic heterocycles. The number of rotatable bonds is 4. The van der Waals surface area contributed by atoms with Gasteiger partial charge in [0.1, 0.15) is 5.69 Å². The van der Waals surface area contributed by atoms with Crippen LogP contribution in [-0.2, 0) is 4.79 Å². The van der Waals surface area contributed by atoms with Gasteiger partial charge in [-0.25, -0.2) is 0 Å². The van der Waals surface area contributed by atoms with Gasteiger partial charge in [0.15, 0.2) is 0 Å². The smallest absolute Gasteiger partial charge is 0.316 e. The van der Waals surface area contributed by atoms with Crippen molar-refractivity contribution < 1.29 is 9.21 Å². The van der Waals surface area contributed by atoms with Gasteiger partial charge in [0, 0.05) is 29.0 Å². The van der Waals surface area contributed by atoms with Crippen molar-refractivity contribution in [1.29, 1.82) is 0 Å². The minimum atomic E-state index is 0.0745. The van der Waals surface area contributed by atoms with E-state index in [2.05, 4.69) is 20.5 Å². The molecule has 140 valence electrons. The topological polar surface area (TPSA) is 87.0 Å². The van der Waals surface area contributed by atoms with Gasteiger partial charge in [-0.2, -0.15) is 0 Å². The van der Waals surface area contributed by atoms with E-state index < -0.39 is 0 Å². The van der Waals surface area contributed by atoms with Crippen LogP contribution in [0.1, 0.15) is 25.7 Å². The highest BCUT2D eigenvalue weighted by Crippen LogP contribution is 2.53. The Morgan fingerprint density at radius 1 is 1.22 bits per heavy atom. The van der Waals surface area contributed by atoms with Gasteiger partial charge in [-0.1, -0.05) is 16.7 Å². The summed E-state index contributed by atoms with van der Waals surface area (Å²) in [6.45, 7) is 1.87. The summed E-state index contributed by atoms with van der Waals surface area (Å²) in [6.07, 6.45) is 4.93. The summed E-state index contributed by atoms with van der Waals surface area (Å²) in [5.74, 6) is 0.441. The Kier molecular flexibility index (Phi) is 3.86. The second-order valence-electron chi connectivity index (χ2n) is 7.56. The first-order valence-corrected chi connectivity index (χ1v) is 9.62. The highest BCUT2D eigenvalue weighted by Gasteiger charge is 2.44. The molecule has 1 saturated carbocycles. The molecule has 0 bridgehead atoms. The first-order chi connectivity index (χ1) is 13.1. The van der Waals surface area contributed by atoms with Crippen molar-refractivity contribution in [2.45, 2.75) is 25.7 Å². The molecule has 2 aliphatic rings. The zero-order valence-corrected chi connectivity index (χ0v) is 15.6. The van der Waals surface area contributed by atoms with Gasteiger partial charge in [0.25, 0.3) is 5.89 Å². The number of likely N-dealkylation sites (tertiary alicyclic amines) is 1. The van der Waals surface area contributed by atoms with Crippen LogP contribution < -0.4 is 5.32 Å². The second kappa shape index (κ2) is 6.27. The molecule has 3 heterocycles. The minimum Gasteiger partial charge on any atom is -0.402 e. The van der Waals surface area contributed by atoms with Crippen molar-refractivity contribution in [3.8, 4) is 11.6 Å². The van der Waals surface area contributed by atoms with Crippen molar-refractivity contribution in [2.75, 3.05) is 25.0 Å². The summed E-state index contributed by atoms with van der Waals surface area (Å²) in [5.41, 5.74) is 2.22. The van der Waals surface area contributed by atoms with Crippen LogP contribution >= 0.6 is 11.6 Å². The predicted octanol–water partition coefficient (Wildman–Crippen LogP) is 3.69. The van der Waals surface area contributed by atoms with Crippen LogP contribution in [0.25, 0.3) is 22.5 Å². The molecule has 0 radical (unpaired) electrons. The number of aromatic amines is 1. The standard InChI is InChI=1S/C19H20ClN5O2/c20-13-1-2-14-12(9-13)10-15(22-14)17-23-24-18(27-17)21-11-16(26)25-7-5-19(3-4-19)6-8-25/h1-2,9-10,22H,3-8,11H2,(H,21,24). The number of carbonyl (C=O) groups is 1. The fourth-order valence-electron chi connectivity index (χ4n) is 3.79. The van der Waals surface area contributed by atoms with Crippen LogP contribution in [0.2, 0.25) is 5.02 Å². The number of piperidine rings is 1. The highest BCUT2D eigenvalue weighted by atomic mass is 35.5. The number of hydrogen-bond acceptors (Lipinski definition) is 5. The molecule has 1 spiro atoms. The van der Waals surface area contributed by atoms with Gasteiger partial charge in [0.05, 0.1) is 6.54 Å². The maximum Gasteiger partial charge on any atom is 0.316 e. The quantitative estimate of drug-likeness (QED) is 0.715. The third-order valence-corrected chi connectivity index (χ3v) is 6.00. The van der Waals surface area contributed by atoms with Crippen LogP contribution in [0.4, 0.5) is 6.01 Å². The molecule has 1 aromatic carbocycles. The average molecular weight is 386 g/mol. The molecule has 5 rings (SSSR count). The Morgan fingerprint density at radius 3 is 2.81 bits per heavy atom. The van der Waals surface area contributed by atoms with Gasteiger partial charge in [-0.3, -0.25) is 4.79 Å². The molecule has 2 aromatic heterocycles. The van der Waals surface area contributed by atoms with Gasteiger partial charge < -0.3 is 19.6 Å². The number of benzene rings is 1. The van der Waals surface area contributed by atoms with Crippen LogP contribution in [0.15, 0.2) is 28.7 Å². The van der Waals surface area contributed by atoms with Gasteiger partial charge in [-0.15, -0.1) is 5.10 Å². The number of carbonyl (C=O) groups excluding carboxylic acids is 1. The molecule has 0 atom stereocenters. The van der Waals surface area contributed by atoms with Crippen LogP contribution in [0.5, 0.6) is 0 Å². The number of anilines is 1. The molecular weight excluding hydrogens is 366 g/mol. The Morgan fingerprint density at radius 2 is 2.04 bits per heavy atom. The fourth-order valence-corrected chi connectivity index (χ4v) is 3.97. The summed E-state index contributed by atoms with van der Waals surface area (Å²) in [5, 5.41) is 12.6. The van der Waals surface area contributed by atoms with Gasteiger partial charge >= 0.3 is 6.01 Å². The Hall–Kier alpha value is -2.54. The molecule has 3 aromatic rings. The average Bonchev–Trinajstić information content (AvgIpc) is 3.09. The van der Waals surface area contributed by atoms with E-state index in [1.165, 1.54) is 12.8 Å². The summed E-state index contributed by atoms with van der Waals surface area (Å²) >= 11 is 6.02. The lowest BCUT2D eigenvalue weighted by Crippen LogP contribution is -2.41. The number of aromatic nitrogens is 3. The molecule has 27 heavy (non-hydrogen) atoms. The largest absolute Gasteiger partial charge is 0.402 e. The molecule has 2 fully saturated rings. The number of hydrogen-bond donors (Lipinski definition) is 2. The van der Waals surface area contributed by atoms with E-state index in [0.717, 1.165) is 36.8 Å². The Balaban J connectivity index is 1.22. The number of nitrogens with zero attached hydrogens (tertiary/aromatic N) is 3. The van der Waals surface area contributed by atoms with E-state index in [1.807, 2.05) is 29.2 Å². The van der Waals surface area contributed by atoms with E-state index in [0.29, 0.717) is 22.0 Å². The number of nitrogens with one attached hydrogen (secondary N) is 2. The molecule has 8 heteroatoms. The van der Waals surface area contributed by atoms with E-state index >= 15 is 0 Å². The Labute approximate surface area is 161 Å². The Bertz CT molecular complexity index is 997. The molecule has 1 amide bonds. The monoisotopic (exact) mass is 385 g/mol. The van der Waals surface area contributed by atoms with Crippen molar-refractivity contribution >= 4 is 34.4 Å². The second-order valence-corrected chi connectivity index (χ2v) is 8.00. The SMILES string of the molecule is O=C(CNc1nnc(-c2cc3cc(Cl)ccc3[nH]2)o1)N1CCC2(CC1)CC2. The van der Waals surface area contributed by atoms with Crippen LogP contribution in [0, 0.1) is 5.41 Å². The lowest BCUT2D eigenvalue weighted by molar-refractivity contribution is -0.130. The maximum absolute atomic E-state index is 12.4. The lowest BCUT2D eigenvalue weighted by Gasteiger charge is -2.32.